The normalized spacial score (nSPS) is 28.1. The third kappa shape index (κ3) is 3.58. The smallest absolute Gasteiger partial charge is 0.249 e. The maximum absolute atomic E-state index is 12.2. The molecular weight excluding hydrogens is 294 g/mol. The molecule has 2 aliphatic rings. The molecule has 1 aromatic rings. The van der Waals surface area contributed by atoms with Gasteiger partial charge in [-0.25, -0.2) is 0 Å². The zero-order valence-corrected chi connectivity index (χ0v) is 14.5. The minimum Gasteiger partial charge on any atom is -0.364 e. The SMILES string of the molecule is Cc1noc(C)c1CN1CC[C@H]2C[C@H](C(=O)NC(C)C)O[C@H]2C1. The molecule has 6 heteroatoms. The minimum atomic E-state index is -0.286. The van der Waals surface area contributed by atoms with Crippen LogP contribution in [0.2, 0.25) is 0 Å². The molecular formula is C17H27N3O3. The Hall–Kier alpha value is -1.40. The first-order valence-electron chi connectivity index (χ1n) is 8.54. The van der Waals surface area contributed by atoms with Crippen LogP contribution in [0.1, 0.15) is 43.7 Å². The lowest BCUT2D eigenvalue weighted by molar-refractivity contribution is -0.133. The van der Waals surface area contributed by atoms with Gasteiger partial charge in [-0.05, 0) is 53.0 Å². The Balaban J connectivity index is 1.58. The number of aryl methyl sites for hydroxylation is 2. The van der Waals surface area contributed by atoms with E-state index < -0.39 is 0 Å². The highest BCUT2D eigenvalue weighted by atomic mass is 16.5. The van der Waals surface area contributed by atoms with Crippen molar-refractivity contribution >= 4 is 5.91 Å². The number of hydrogen-bond acceptors (Lipinski definition) is 5. The number of amides is 1. The van der Waals surface area contributed by atoms with E-state index in [-0.39, 0.29) is 24.2 Å². The van der Waals surface area contributed by atoms with Gasteiger partial charge in [0, 0.05) is 24.7 Å². The second kappa shape index (κ2) is 6.61. The molecule has 3 heterocycles. The number of rotatable bonds is 4. The minimum absolute atomic E-state index is 0.0340. The number of fused-ring (bicyclic) bond motifs is 1. The number of ether oxygens (including phenoxy) is 1. The van der Waals surface area contributed by atoms with Crippen molar-refractivity contribution in [2.24, 2.45) is 5.92 Å². The summed E-state index contributed by atoms with van der Waals surface area (Å²) in [7, 11) is 0. The molecule has 2 fully saturated rings. The Morgan fingerprint density at radius 1 is 1.43 bits per heavy atom. The number of hydrogen-bond donors (Lipinski definition) is 1. The first-order chi connectivity index (χ1) is 10.9. The molecule has 2 aliphatic heterocycles. The van der Waals surface area contributed by atoms with Crippen molar-refractivity contribution in [2.45, 2.75) is 65.3 Å². The molecule has 0 unspecified atom stereocenters. The van der Waals surface area contributed by atoms with Gasteiger partial charge in [0.25, 0.3) is 0 Å². The Morgan fingerprint density at radius 3 is 2.87 bits per heavy atom. The number of piperidine rings is 1. The highest BCUT2D eigenvalue weighted by Gasteiger charge is 2.42. The fourth-order valence-electron chi connectivity index (χ4n) is 3.64. The topological polar surface area (TPSA) is 67.6 Å². The summed E-state index contributed by atoms with van der Waals surface area (Å²) in [6.45, 7) is 10.7. The van der Waals surface area contributed by atoms with E-state index in [1.54, 1.807) is 0 Å². The molecule has 0 saturated carbocycles. The van der Waals surface area contributed by atoms with Gasteiger partial charge in [0.1, 0.15) is 11.9 Å². The Morgan fingerprint density at radius 2 is 2.22 bits per heavy atom. The monoisotopic (exact) mass is 321 g/mol. The Labute approximate surface area is 137 Å². The lowest BCUT2D eigenvalue weighted by atomic mass is 9.91. The largest absolute Gasteiger partial charge is 0.364 e. The van der Waals surface area contributed by atoms with Gasteiger partial charge in [0.05, 0.1) is 11.8 Å². The number of nitrogens with one attached hydrogen (secondary N) is 1. The molecule has 1 N–H and O–H groups in total. The van der Waals surface area contributed by atoms with E-state index >= 15 is 0 Å². The summed E-state index contributed by atoms with van der Waals surface area (Å²) in [4.78, 5) is 14.5. The van der Waals surface area contributed by atoms with Gasteiger partial charge in [-0.2, -0.15) is 0 Å². The van der Waals surface area contributed by atoms with E-state index in [0.29, 0.717) is 5.92 Å². The van der Waals surface area contributed by atoms with Crippen LogP contribution in [0.3, 0.4) is 0 Å². The summed E-state index contributed by atoms with van der Waals surface area (Å²) in [6, 6.07) is 0.157. The second-order valence-corrected chi connectivity index (χ2v) is 7.15. The van der Waals surface area contributed by atoms with E-state index in [1.165, 1.54) is 5.56 Å². The van der Waals surface area contributed by atoms with Crippen molar-refractivity contribution in [1.82, 2.24) is 15.4 Å². The van der Waals surface area contributed by atoms with Crippen LogP contribution in [0.5, 0.6) is 0 Å². The molecule has 0 spiro atoms. The second-order valence-electron chi connectivity index (χ2n) is 7.15. The summed E-state index contributed by atoms with van der Waals surface area (Å²) in [6.07, 6.45) is 1.81. The number of aromatic nitrogens is 1. The molecule has 128 valence electrons. The zero-order chi connectivity index (χ0) is 16.6. The highest BCUT2D eigenvalue weighted by Crippen LogP contribution is 2.34. The average Bonchev–Trinajstić information content (AvgIpc) is 3.04. The van der Waals surface area contributed by atoms with E-state index in [4.69, 9.17) is 9.26 Å². The summed E-state index contributed by atoms with van der Waals surface area (Å²) in [5, 5.41) is 6.98. The van der Waals surface area contributed by atoms with E-state index in [9.17, 15) is 4.79 Å². The Kier molecular flexibility index (Phi) is 4.73. The number of carbonyl (C=O) groups is 1. The van der Waals surface area contributed by atoms with Gasteiger partial charge in [0.2, 0.25) is 5.91 Å². The molecule has 1 amide bonds. The van der Waals surface area contributed by atoms with Crippen molar-refractivity contribution in [3.05, 3.63) is 17.0 Å². The van der Waals surface area contributed by atoms with Crippen molar-refractivity contribution in [2.75, 3.05) is 13.1 Å². The number of likely N-dealkylation sites (tertiary alicyclic amines) is 1. The molecule has 0 aliphatic carbocycles. The van der Waals surface area contributed by atoms with Gasteiger partial charge in [-0.3, -0.25) is 9.69 Å². The lowest BCUT2D eigenvalue weighted by Gasteiger charge is -2.33. The molecule has 0 radical (unpaired) electrons. The Bertz CT molecular complexity index is 550. The van der Waals surface area contributed by atoms with Crippen LogP contribution in [0.25, 0.3) is 0 Å². The van der Waals surface area contributed by atoms with Gasteiger partial charge < -0.3 is 14.6 Å². The van der Waals surface area contributed by atoms with Crippen LogP contribution >= 0.6 is 0 Å². The molecule has 1 aromatic heterocycles. The quantitative estimate of drug-likeness (QED) is 0.916. The summed E-state index contributed by atoms with van der Waals surface area (Å²) >= 11 is 0. The number of nitrogens with zero attached hydrogens (tertiary/aromatic N) is 2. The summed E-state index contributed by atoms with van der Waals surface area (Å²) < 4.78 is 11.3. The maximum Gasteiger partial charge on any atom is 0.249 e. The standard InChI is InChI=1S/C17H27N3O3/c1-10(2)18-17(21)15-7-13-5-6-20(9-16(13)22-15)8-14-11(3)19-23-12(14)4/h10,13,15-16H,5-9H2,1-4H3,(H,18,21)/t13-,15+,16-/m0/s1. The lowest BCUT2D eigenvalue weighted by Crippen LogP contribution is -2.42. The molecule has 2 saturated heterocycles. The van der Waals surface area contributed by atoms with Crippen molar-refractivity contribution in [3.63, 3.8) is 0 Å². The van der Waals surface area contributed by atoms with Crippen LogP contribution in [0.15, 0.2) is 4.52 Å². The van der Waals surface area contributed by atoms with Crippen LogP contribution in [0, 0.1) is 19.8 Å². The van der Waals surface area contributed by atoms with E-state index in [1.807, 2.05) is 27.7 Å². The van der Waals surface area contributed by atoms with Crippen molar-refractivity contribution in [1.29, 1.82) is 0 Å². The summed E-state index contributed by atoms with van der Waals surface area (Å²) in [5.41, 5.74) is 2.14. The zero-order valence-electron chi connectivity index (χ0n) is 14.5. The first-order valence-corrected chi connectivity index (χ1v) is 8.54. The first kappa shape index (κ1) is 16.5. The third-order valence-electron chi connectivity index (χ3n) is 4.92. The molecule has 0 bridgehead atoms. The number of carbonyl (C=O) groups excluding carboxylic acids is 1. The molecule has 0 aromatic carbocycles. The van der Waals surface area contributed by atoms with Gasteiger partial charge in [-0.15, -0.1) is 0 Å². The maximum atomic E-state index is 12.2. The summed E-state index contributed by atoms with van der Waals surface area (Å²) in [5.74, 6) is 1.43. The average molecular weight is 321 g/mol. The van der Waals surface area contributed by atoms with Crippen LogP contribution in [-0.4, -0.2) is 47.3 Å². The van der Waals surface area contributed by atoms with Gasteiger partial charge in [0.15, 0.2) is 0 Å². The molecule has 6 nitrogen and oxygen atoms in total. The van der Waals surface area contributed by atoms with Crippen LogP contribution < -0.4 is 5.32 Å². The highest BCUT2D eigenvalue weighted by molar-refractivity contribution is 5.81. The van der Waals surface area contributed by atoms with Crippen molar-refractivity contribution < 1.29 is 14.1 Å². The van der Waals surface area contributed by atoms with Gasteiger partial charge >= 0.3 is 0 Å². The van der Waals surface area contributed by atoms with Gasteiger partial charge in [-0.1, -0.05) is 5.16 Å². The fourth-order valence-corrected chi connectivity index (χ4v) is 3.64. The van der Waals surface area contributed by atoms with E-state index in [0.717, 1.165) is 43.9 Å². The molecule has 3 rings (SSSR count). The molecule has 3 atom stereocenters. The van der Waals surface area contributed by atoms with Crippen LogP contribution in [0.4, 0.5) is 0 Å². The van der Waals surface area contributed by atoms with Crippen molar-refractivity contribution in [3.8, 4) is 0 Å². The molecule has 23 heavy (non-hydrogen) atoms. The fraction of sp³-hybridized carbons (Fsp3) is 0.765. The predicted octanol–water partition coefficient (Wildman–Crippen LogP) is 1.80. The third-order valence-corrected chi connectivity index (χ3v) is 4.92. The van der Waals surface area contributed by atoms with Crippen LogP contribution in [-0.2, 0) is 16.1 Å². The predicted molar refractivity (Wildman–Crippen MR) is 85.9 cm³/mol. The van der Waals surface area contributed by atoms with E-state index in [2.05, 4.69) is 15.4 Å².